The van der Waals surface area contributed by atoms with Gasteiger partial charge in [0.15, 0.2) is 0 Å². The van der Waals surface area contributed by atoms with Crippen molar-refractivity contribution in [2.45, 2.75) is 33.0 Å². The third kappa shape index (κ3) is 4.06. The zero-order chi connectivity index (χ0) is 14.5. The van der Waals surface area contributed by atoms with Gasteiger partial charge in [-0.3, -0.25) is 0 Å². The van der Waals surface area contributed by atoms with Crippen LogP contribution in [0.25, 0.3) is 0 Å². The van der Waals surface area contributed by atoms with Crippen molar-refractivity contribution in [3.8, 4) is 0 Å². The molecule has 0 fully saturated rings. The molecule has 0 saturated heterocycles. The van der Waals surface area contributed by atoms with Crippen LogP contribution in [0.1, 0.15) is 25.1 Å². The molecule has 0 radical (unpaired) electrons. The Morgan fingerprint density at radius 3 is 2.65 bits per heavy atom. The van der Waals surface area contributed by atoms with E-state index in [1.54, 1.807) is 18.4 Å². The molecule has 2 rings (SSSR count). The van der Waals surface area contributed by atoms with Gasteiger partial charge in [0.2, 0.25) is 0 Å². The highest BCUT2D eigenvalue weighted by Gasteiger charge is 2.10. The molecule has 5 heteroatoms. The topological polar surface area (TPSA) is 41.3 Å². The summed E-state index contributed by atoms with van der Waals surface area (Å²) in [4.78, 5) is 6.31. The predicted octanol–water partition coefficient (Wildman–Crippen LogP) is 2.95. The van der Waals surface area contributed by atoms with E-state index >= 15 is 0 Å². The van der Waals surface area contributed by atoms with Crippen LogP contribution in [0.4, 0.5) is 10.4 Å². The molecule has 1 N–H and O–H groups in total. The minimum Gasteiger partial charge on any atom is -0.432 e. The Morgan fingerprint density at radius 2 is 2.00 bits per heavy atom. The highest BCUT2D eigenvalue weighted by molar-refractivity contribution is 5.29. The summed E-state index contributed by atoms with van der Waals surface area (Å²) in [5.41, 5.74) is 1.88. The first-order valence-corrected chi connectivity index (χ1v) is 6.68. The quantitative estimate of drug-likeness (QED) is 0.881. The van der Waals surface area contributed by atoms with Gasteiger partial charge in [0.25, 0.3) is 6.01 Å². The summed E-state index contributed by atoms with van der Waals surface area (Å²) < 4.78 is 18.3. The van der Waals surface area contributed by atoms with E-state index in [-0.39, 0.29) is 5.82 Å². The second-order valence-corrected chi connectivity index (χ2v) is 5.14. The second kappa shape index (κ2) is 6.52. The third-order valence-corrected chi connectivity index (χ3v) is 2.89. The summed E-state index contributed by atoms with van der Waals surface area (Å²) in [6, 6.07) is 7.40. The molecule has 1 aromatic heterocycles. The summed E-state index contributed by atoms with van der Waals surface area (Å²) in [5, 5.41) is 3.29. The maximum Gasteiger partial charge on any atom is 0.297 e. The van der Waals surface area contributed by atoms with Crippen LogP contribution in [0, 0.1) is 5.82 Å². The molecule has 1 aromatic carbocycles. The highest BCUT2D eigenvalue weighted by atomic mass is 19.1. The van der Waals surface area contributed by atoms with Crippen molar-refractivity contribution >= 4 is 6.01 Å². The van der Waals surface area contributed by atoms with E-state index in [4.69, 9.17) is 4.42 Å². The van der Waals surface area contributed by atoms with E-state index in [9.17, 15) is 4.39 Å². The molecule has 0 saturated carbocycles. The lowest BCUT2D eigenvalue weighted by Gasteiger charge is -2.14. The van der Waals surface area contributed by atoms with Crippen LogP contribution in [0.2, 0.25) is 0 Å². The van der Waals surface area contributed by atoms with Crippen LogP contribution in [-0.2, 0) is 13.1 Å². The smallest absolute Gasteiger partial charge is 0.297 e. The molecule has 0 aliphatic carbocycles. The first-order valence-electron chi connectivity index (χ1n) is 6.68. The summed E-state index contributed by atoms with van der Waals surface area (Å²) in [7, 11) is 1.90. The summed E-state index contributed by atoms with van der Waals surface area (Å²) in [6.07, 6.45) is 1.66. The van der Waals surface area contributed by atoms with Gasteiger partial charge in [-0.25, -0.2) is 4.39 Å². The van der Waals surface area contributed by atoms with Crippen LogP contribution in [-0.4, -0.2) is 18.1 Å². The Kier molecular flexibility index (Phi) is 4.74. The van der Waals surface area contributed by atoms with Crippen LogP contribution in [0.15, 0.2) is 34.9 Å². The van der Waals surface area contributed by atoms with E-state index in [1.165, 1.54) is 12.1 Å². The van der Waals surface area contributed by atoms with Crippen molar-refractivity contribution in [3.05, 3.63) is 47.6 Å². The van der Waals surface area contributed by atoms with E-state index in [0.717, 1.165) is 11.3 Å². The molecule has 1 heterocycles. The van der Waals surface area contributed by atoms with Gasteiger partial charge < -0.3 is 14.6 Å². The Bertz CT molecular complexity index is 536. The van der Waals surface area contributed by atoms with E-state index in [1.807, 2.05) is 11.9 Å². The average Bonchev–Trinajstić information content (AvgIpc) is 2.88. The van der Waals surface area contributed by atoms with Gasteiger partial charge in [0.05, 0.1) is 5.69 Å². The largest absolute Gasteiger partial charge is 0.432 e. The minimum atomic E-state index is -0.227. The number of nitrogens with one attached hydrogen (secondary N) is 1. The number of hydrogen-bond donors (Lipinski definition) is 1. The molecule has 0 unspecified atom stereocenters. The molecule has 20 heavy (non-hydrogen) atoms. The lowest BCUT2D eigenvalue weighted by Crippen LogP contribution is -2.22. The van der Waals surface area contributed by atoms with Crippen molar-refractivity contribution in [3.63, 3.8) is 0 Å². The molecule has 0 spiro atoms. The van der Waals surface area contributed by atoms with E-state index < -0.39 is 0 Å². The molecule has 2 aromatic rings. The summed E-state index contributed by atoms with van der Waals surface area (Å²) >= 11 is 0. The number of nitrogens with zero attached hydrogens (tertiary/aromatic N) is 2. The second-order valence-electron chi connectivity index (χ2n) is 5.14. The first kappa shape index (κ1) is 14.5. The fourth-order valence-corrected chi connectivity index (χ4v) is 1.79. The number of aromatic nitrogens is 1. The van der Waals surface area contributed by atoms with Crippen molar-refractivity contribution < 1.29 is 8.81 Å². The highest BCUT2D eigenvalue weighted by Crippen LogP contribution is 2.15. The van der Waals surface area contributed by atoms with Crippen molar-refractivity contribution in [2.75, 3.05) is 11.9 Å². The Hall–Kier alpha value is -1.88. The zero-order valence-corrected chi connectivity index (χ0v) is 12.1. The number of oxazole rings is 1. The van der Waals surface area contributed by atoms with Crippen LogP contribution >= 0.6 is 0 Å². The lowest BCUT2D eigenvalue weighted by atomic mass is 10.2. The predicted molar refractivity (Wildman–Crippen MR) is 77.0 cm³/mol. The Morgan fingerprint density at radius 1 is 1.30 bits per heavy atom. The molecule has 4 nitrogen and oxygen atoms in total. The van der Waals surface area contributed by atoms with Crippen molar-refractivity contribution in [1.29, 1.82) is 0 Å². The van der Waals surface area contributed by atoms with E-state index in [2.05, 4.69) is 24.1 Å². The molecule has 0 aliphatic heterocycles. The molecular weight excluding hydrogens is 257 g/mol. The monoisotopic (exact) mass is 277 g/mol. The van der Waals surface area contributed by atoms with Crippen LogP contribution in [0.5, 0.6) is 0 Å². The normalized spacial score (nSPS) is 11.1. The fourth-order valence-electron chi connectivity index (χ4n) is 1.79. The van der Waals surface area contributed by atoms with Crippen LogP contribution < -0.4 is 10.2 Å². The molecule has 0 aliphatic rings. The lowest BCUT2D eigenvalue weighted by molar-refractivity contribution is 0.539. The standard InChI is InChI=1S/C15H20FN3O/c1-11(2)17-8-14-10-20-15(18-14)19(3)9-12-4-6-13(16)7-5-12/h4-7,10-11,17H,8-9H2,1-3H3. The summed E-state index contributed by atoms with van der Waals surface area (Å²) in [5.74, 6) is -0.227. The number of anilines is 1. The molecule has 0 bridgehead atoms. The number of rotatable bonds is 6. The van der Waals surface area contributed by atoms with Crippen molar-refractivity contribution in [2.24, 2.45) is 0 Å². The third-order valence-electron chi connectivity index (χ3n) is 2.89. The van der Waals surface area contributed by atoms with Gasteiger partial charge in [-0.1, -0.05) is 26.0 Å². The Labute approximate surface area is 118 Å². The van der Waals surface area contributed by atoms with Crippen molar-refractivity contribution in [1.82, 2.24) is 10.3 Å². The number of hydrogen-bond acceptors (Lipinski definition) is 4. The van der Waals surface area contributed by atoms with Gasteiger partial charge in [0.1, 0.15) is 12.1 Å². The van der Waals surface area contributed by atoms with Gasteiger partial charge >= 0.3 is 0 Å². The number of halogens is 1. The van der Waals surface area contributed by atoms with Gasteiger partial charge in [-0.15, -0.1) is 0 Å². The SMILES string of the molecule is CC(C)NCc1coc(N(C)Cc2ccc(F)cc2)n1. The van der Waals surface area contributed by atoms with Gasteiger partial charge in [-0.2, -0.15) is 4.98 Å². The zero-order valence-electron chi connectivity index (χ0n) is 12.1. The maximum atomic E-state index is 12.8. The van der Waals surface area contributed by atoms with E-state index in [0.29, 0.717) is 25.1 Å². The molecule has 0 atom stereocenters. The van der Waals surface area contributed by atoms with Gasteiger partial charge in [-0.05, 0) is 17.7 Å². The first-order chi connectivity index (χ1) is 9.54. The Balaban J connectivity index is 1.95. The van der Waals surface area contributed by atoms with Gasteiger partial charge in [0, 0.05) is 26.2 Å². The molecule has 0 amide bonds. The fraction of sp³-hybridized carbons (Fsp3) is 0.400. The van der Waals surface area contributed by atoms with Crippen LogP contribution in [0.3, 0.4) is 0 Å². The molecule has 108 valence electrons. The summed E-state index contributed by atoms with van der Waals surface area (Å²) in [6.45, 7) is 5.48. The number of benzene rings is 1. The average molecular weight is 277 g/mol. The molecular formula is C15H20FN3O. The minimum absolute atomic E-state index is 0.227. The maximum absolute atomic E-state index is 12.8.